The minimum absolute atomic E-state index is 0.0743. The van der Waals surface area contributed by atoms with Crippen molar-refractivity contribution in [1.82, 2.24) is 19.7 Å². The van der Waals surface area contributed by atoms with E-state index >= 15 is 0 Å². The molecule has 3 N–H and O–H groups in total. The maximum absolute atomic E-state index is 12.4. The number of hydrogen-bond donors (Lipinski definition) is 2. The minimum atomic E-state index is -0.616. The van der Waals surface area contributed by atoms with E-state index in [1.54, 1.807) is 10.5 Å². The third-order valence-electron chi connectivity index (χ3n) is 4.84. The highest BCUT2D eigenvalue weighted by molar-refractivity contribution is 6.31. The molecule has 2 heterocycles. The van der Waals surface area contributed by atoms with Gasteiger partial charge in [0.25, 0.3) is 5.91 Å². The Labute approximate surface area is 167 Å². The second-order valence-electron chi connectivity index (χ2n) is 6.72. The van der Waals surface area contributed by atoms with Crippen molar-refractivity contribution in [3.8, 4) is 0 Å². The number of carbonyl (C=O) groups excluding carboxylic acids is 2. The fourth-order valence-corrected chi connectivity index (χ4v) is 3.62. The summed E-state index contributed by atoms with van der Waals surface area (Å²) in [5, 5.41) is 3.61. The van der Waals surface area contributed by atoms with Gasteiger partial charge >= 0.3 is 0 Å². The lowest BCUT2D eigenvalue weighted by Crippen LogP contribution is -2.27. The number of nitrogens with two attached hydrogens (primary N) is 1. The summed E-state index contributed by atoms with van der Waals surface area (Å²) < 4.78 is 1.73. The number of fused-ring (bicyclic) bond motifs is 1. The highest BCUT2D eigenvalue weighted by Gasteiger charge is 2.18. The van der Waals surface area contributed by atoms with Gasteiger partial charge in [0.2, 0.25) is 5.91 Å². The standard InChI is InChI=1S/C20H22ClN5O2/c1-11-14(13(3)26-10-23-18(19(22)28)20(26)25-11)8-9-17(27)24-12(2)15-6-4-5-7-16(15)21/h4-7,10,12H,8-9H2,1-3H3,(H2,22,28)(H,24,27). The van der Waals surface area contributed by atoms with Crippen LogP contribution in [0.25, 0.3) is 5.65 Å². The van der Waals surface area contributed by atoms with Crippen LogP contribution in [0, 0.1) is 13.8 Å². The Hall–Kier alpha value is -2.93. The highest BCUT2D eigenvalue weighted by atomic mass is 35.5. The second-order valence-corrected chi connectivity index (χ2v) is 7.13. The molecule has 1 aromatic carbocycles. The number of halogens is 1. The van der Waals surface area contributed by atoms with Crippen molar-refractivity contribution in [1.29, 1.82) is 0 Å². The van der Waals surface area contributed by atoms with Crippen LogP contribution in [-0.4, -0.2) is 26.2 Å². The predicted octanol–water partition coefficient (Wildman–Crippen LogP) is 2.91. The van der Waals surface area contributed by atoms with E-state index in [0.717, 1.165) is 22.5 Å². The van der Waals surface area contributed by atoms with Gasteiger partial charge in [0.15, 0.2) is 11.3 Å². The van der Waals surface area contributed by atoms with Gasteiger partial charge in [0.05, 0.1) is 6.04 Å². The Morgan fingerprint density at radius 2 is 2.00 bits per heavy atom. The zero-order valence-corrected chi connectivity index (χ0v) is 16.7. The lowest BCUT2D eigenvalue weighted by molar-refractivity contribution is -0.121. The number of aryl methyl sites for hydroxylation is 2. The molecule has 0 fully saturated rings. The molecule has 2 aromatic heterocycles. The van der Waals surface area contributed by atoms with Gasteiger partial charge in [-0.2, -0.15) is 0 Å². The number of imidazole rings is 1. The number of amides is 2. The van der Waals surface area contributed by atoms with Crippen LogP contribution in [0.3, 0.4) is 0 Å². The summed E-state index contributed by atoms with van der Waals surface area (Å²) in [5.74, 6) is -0.690. The minimum Gasteiger partial charge on any atom is -0.364 e. The van der Waals surface area contributed by atoms with E-state index < -0.39 is 5.91 Å². The van der Waals surface area contributed by atoms with Crippen molar-refractivity contribution < 1.29 is 9.59 Å². The van der Waals surface area contributed by atoms with Crippen molar-refractivity contribution in [2.45, 2.75) is 39.7 Å². The van der Waals surface area contributed by atoms with E-state index in [-0.39, 0.29) is 17.6 Å². The molecule has 1 atom stereocenters. The van der Waals surface area contributed by atoms with E-state index in [0.29, 0.717) is 23.5 Å². The maximum Gasteiger partial charge on any atom is 0.271 e. The first-order chi connectivity index (χ1) is 13.3. The van der Waals surface area contributed by atoms with Gasteiger partial charge in [-0.05, 0) is 44.4 Å². The van der Waals surface area contributed by atoms with Crippen molar-refractivity contribution >= 4 is 29.1 Å². The molecule has 0 aliphatic carbocycles. The molecule has 0 spiro atoms. The zero-order valence-electron chi connectivity index (χ0n) is 16.0. The van der Waals surface area contributed by atoms with Crippen LogP contribution in [0.1, 0.15) is 52.4 Å². The second kappa shape index (κ2) is 7.98. The van der Waals surface area contributed by atoms with Crippen LogP contribution < -0.4 is 11.1 Å². The smallest absolute Gasteiger partial charge is 0.271 e. The van der Waals surface area contributed by atoms with Gasteiger partial charge in [-0.25, -0.2) is 9.97 Å². The molecular weight excluding hydrogens is 378 g/mol. The Balaban J connectivity index is 1.74. The van der Waals surface area contributed by atoms with Crippen molar-refractivity contribution in [3.63, 3.8) is 0 Å². The van der Waals surface area contributed by atoms with Crippen LogP contribution in [-0.2, 0) is 11.2 Å². The summed E-state index contributed by atoms with van der Waals surface area (Å²) >= 11 is 6.20. The third kappa shape index (κ3) is 3.84. The SMILES string of the molecule is Cc1nc2c(C(N)=O)ncn2c(C)c1CCC(=O)NC(C)c1ccccc1Cl. The fraction of sp³-hybridized carbons (Fsp3) is 0.300. The molecule has 2 amide bonds. The summed E-state index contributed by atoms with van der Waals surface area (Å²) in [5.41, 5.74) is 9.38. The van der Waals surface area contributed by atoms with Crippen LogP contribution >= 0.6 is 11.6 Å². The van der Waals surface area contributed by atoms with Gasteiger partial charge < -0.3 is 11.1 Å². The number of nitrogens with zero attached hydrogens (tertiary/aromatic N) is 3. The summed E-state index contributed by atoms with van der Waals surface area (Å²) in [4.78, 5) is 32.4. The lowest BCUT2D eigenvalue weighted by atomic mass is 10.0. The Morgan fingerprint density at radius 3 is 2.68 bits per heavy atom. The summed E-state index contributed by atoms with van der Waals surface area (Å²) in [6.45, 7) is 5.66. The van der Waals surface area contributed by atoms with Crippen molar-refractivity contribution in [2.75, 3.05) is 0 Å². The third-order valence-corrected chi connectivity index (χ3v) is 5.18. The first kappa shape index (κ1) is 19.8. The molecule has 1 unspecified atom stereocenters. The van der Waals surface area contributed by atoms with Gasteiger partial charge in [-0.3, -0.25) is 14.0 Å². The molecule has 8 heteroatoms. The Kier molecular flexibility index (Phi) is 5.65. The summed E-state index contributed by atoms with van der Waals surface area (Å²) in [6.07, 6.45) is 2.35. The maximum atomic E-state index is 12.4. The monoisotopic (exact) mass is 399 g/mol. The fourth-order valence-electron chi connectivity index (χ4n) is 3.32. The van der Waals surface area contributed by atoms with Crippen LogP contribution in [0.2, 0.25) is 5.02 Å². The summed E-state index contributed by atoms with van der Waals surface area (Å²) in [7, 11) is 0. The topological polar surface area (TPSA) is 102 Å². The van der Waals surface area contributed by atoms with Crippen LogP contribution in [0.15, 0.2) is 30.6 Å². The zero-order chi connectivity index (χ0) is 20.4. The van der Waals surface area contributed by atoms with Gasteiger partial charge in [0, 0.05) is 22.8 Å². The highest BCUT2D eigenvalue weighted by Crippen LogP contribution is 2.23. The number of rotatable bonds is 6. The van der Waals surface area contributed by atoms with Gasteiger partial charge in [-0.1, -0.05) is 29.8 Å². The van der Waals surface area contributed by atoms with Crippen molar-refractivity contribution in [2.24, 2.45) is 5.73 Å². The molecule has 0 bridgehead atoms. The lowest BCUT2D eigenvalue weighted by Gasteiger charge is -2.16. The molecule has 28 heavy (non-hydrogen) atoms. The van der Waals surface area contributed by atoms with Crippen LogP contribution in [0.4, 0.5) is 0 Å². The molecule has 0 radical (unpaired) electrons. The van der Waals surface area contributed by atoms with Crippen LogP contribution in [0.5, 0.6) is 0 Å². The number of aromatic nitrogens is 3. The van der Waals surface area contributed by atoms with E-state index in [4.69, 9.17) is 17.3 Å². The van der Waals surface area contributed by atoms with E-state index in [1.807, 2.05) is 39.0 Å². The number of carbonyl (C=O) groups is 2. The number of nitrogens with one attached hydrogen (secondary N) is 1. The number of hydrogen-bond acceptors (Lipinski definition) is 4. The summed E-state index contributed by atoms with van der Waals surface area (Å²) in [6, 6.07) is 7.27. The van der Waals surface area contributed by atoms with Crippen molar-refractivity contribution in [3.05, 3.63) is 63.8 Å². The molecule has 0 saturated carbocycles. The molecule has 0 saturated heterocycles. The normalized spacial score (nSPS) is 12.1. The average molecular weight is 400 g/mol. The first-order valence-corrected chi connectivity index (χ1v) is 9.34. The van der Waals surface area contributed by atoms with E-state index in [2.05, 4.69) is 15.3 Å². The molecule has 3 rings (SSSR count). The average Bonchev–Trinajstić information content (AvgIpc) is 3.06. The number of primary amides is 1. The predicted molar refractivity (Wildman–Crippen MR) is 107 cm³/mol. The van der Waals surface area contributed by atoms with Gasteiger partial charge in [0.1, 0.15) is 6.33 Å². The molecule has 0 aliphatic heterocycles. The van der Waals surface area contributed by atoms with E-state index in [1.165, 1.54) is 6.33 Å². The van der Waals surface area contributed by atoms with Gasteiger partial charge in [-0.15, -0.1) is 0 Å². The Bertz CT molecular complexity index is 1060. The molecule has 0 aliphatic rings. The number of benzene rings is 1. The molecule has 7 nitrogen and oxygen atoms in total. The molecule has 3 aromatic rings. The Morgan fingerprint density at radius 1 is 1.29 bits per heavy atom. The molecular formula is C20H22ClN5O2. The quantitative estimate of drug-likeness (QED) is 0.665. The largest absolute Gasteiger partial charge is 0.364 e. The van der Waals surface area contributed by atoms with E-state index in [9.17, 15) is 9.59 Å². The molecule has 146 valence electrons. The first-order valence-electron chi connectivity index (χ1n) is 8.96.